The highest BCUT2D eigenvalue weighted by atomic mass is 31.2. The molecule has 0 spiro atoms. The minimum atomic E-state index is -2.32. The van der Waals surface area contributed by atoms with Crippen molar-refractivity contribution in [3.8, 4) is 0 Å². The van der Waals surface area contributed by atoms with Crippen LogP contribution in [0.3, 0.4) is 0 Å². The maximum atomic E-state index is 8.34. The molecule has 4 nitrogen and oxygen atoms in total. The highest BCUT2D eigenvalue weighted by Gasteiger charge is 2.20. The molecule has 0 amide bonds. The van der Waals surface area contributed by atoms with Gasteiger partial charge < -0.3 is 14.5 Å². The molecular formula is C4H11O4P. The van der Waals surface area contributed by atoms with Crippen molar-refractivity contribution in [2.45, 2.75) is 19.6 Å². The van der Waals surface area contributed by atoms with E-state index in [0.717, 1.165) is 0 Å². The Hall–Kier alpha value is 0.270. The summed E-state index contributed by atoms with van der Waals surface area (Å²) in [6, 6.07) is 0. The smallest absolute Gasteiger partial charge is 0.329 e. The second-order valence-corrected chi connectivity index (χ2v) is 2.64. The van der Waals surface area contributed by atoms with Crippen molar-refractivity contribution < 1.29 is 19.0 Å². The molecule has 0 aromatic carbocycles. The van der Waals surface area contributed by atoms with E-state index in [-0.39, 0.29) is 0 Å². The van der Waals surface area contributed by atoms with Gasteiger partial charge in [0.05, 0.1) is 0 Å². The van der Waals surface area contributed by atoms with Gasteiger partial charge in [0.15, 0.2) is 5.79 Å². The van der Waals surface area contributed by atoms with Crippen LogP contribution in [0, 0.1) is 0 Å². The zero-order valence-corrected chi connectivity index (χ0v) is 6.55. The van der Waals surface area contributed by atoms with Gasteiger partial charge in [-0.3, -0.25) is 4.52 Å². The van der Waals surface area contributed by atoms with Gasteiger partial charge in [0, 0.05) is 7.11 Å². The first-order valence-electron chi connectivity index (χ1n) is 2.40. The van der Waals surface area contributed by atoms with Crippen LogP contribution in [0.2, 0.25) is 0 Å². The Kier molecular flexibility index (Phi) is 3.54. The summed E-state index contributed by atoms with van der Waals surface area (Å²) in [5.41, 5.74) is 0. The van der Waals surface area contributed by atoms with Crippen molar-refractivity contribution in [3.63, 3.8) is 0 Å². The number of hydrogen-bond acceptors (Lipinski definition) is 4. The molecule has 0 bridgehead atoms. The summed E-state index contributed by atoms with van der Waals surface area (Å²) in [4.78, 5) is 16.7. The standard InChI is InChI=1S/C4H11O4P/c1-4(2,7-3)8-9(5)6/h5-6H,1-3H3. The van der Waals surface area contributed by atoms with Gasteiger partial charge in [0.25, 0.3) is 0 Å². The SMILES string of the molecule is COC(C)(C)OP(O)O. The molecule has 0 fully saturated rings. The van der Waals surface area contributed by atoms with E-state index < -0.39 is 14.4 Å². The van der Waals surface area contributed by atoms with E-state index in [2.05, 4.69) is 4.52 Å². The first-order chi connectivity index (χ1) is 3.98. The maximum absolute atomic E-state index is 8.34. The van der Waals surface area contributed by atoms with Crippen LogP contribution in [-0.2, 0) is 9.26 Å². The molecule has 56 valence electrons. The fraction of sp³-hybridized carbons (Fsp3) is 1.00. The lowest BCUT2D eigenvalue weighted by molar-refractivity contribution is -0.138. The number of methoxy groups -OCH3 is 1. The van der Waals surface area contributed by atoms with E-state index in [4.69, 9.17) is 14.5 Å². The van der Waals surface area contributed by atoms with E-state index in [1.54, 1.807) is 13.8 Å². The molecule has 0 rings (SSSR count). The number of ether oxygens (including phenoxy) is 1. The topological polar surface area (TPSA) is 58.9 Å². The average Bonchev–Trinajstić information content (AvgIpc) is 1.63. The fourth-order valence-corrected chi connectivity index (χ4v) is 0.702. The van der Waals surface area contributed by atoms with E-state index in [9.17, 15) is 0 Å². The Morgan fingerprint density at radius 1 is 1.33 bits per heavy atom. The molecule has 0 aromatic rings. The maximum Gasteiger partial charge on any atom is 0.329 e. The third-order valence-electron chi connectivity index (χ3n) is 0.793. The lowest BCUT2D eigenvalue weighted by atomic mass is 10.4. The molecule has 0 radical (unpaired) electrons. The lowest BCUT2D eigenvalue weighted by Gasteiger charge is -2.22. The van der Waals surface area contributed by atoms with Crippen molar-refractivity contribution in [1.29, 1.82) is 0 Å². The highest BCUT2D eigenvalue weighted by Crippen LogP contribution is 2.32. The molecular weight excluding hydrogens is 143 g/mol. The van der Waals surface area contributed by atoms with E-state index in [1.165, 1.54) is 7.11 Å². The zero-order chi connectivity index (χ0) is 7.49. The molecule has 0 aliphatic rings. The first kappa shape index (κ1) is 9.27. The Morgan fingerprint density at radius 3 is 1.89 bits per heavy atom. The van der Waals surface area contributed by atoms with Gasteiger partial charge in [-0.05, 0) is 13.8 Å². The van der Waals surface area contributed by atoms with Crippen LogP contribution in [0.5, 0.6) is 0 Å². The molecule has 0 saturated heterocycles. The van der Waals surface area contributed by atoms with Gasteiger partial charge in [0.1, 0.15) is 0 Å². The molecule has 0 aliphatic heterocycles. The summed E-state index contributed by atoms with van der Waals surface area (Å²) >= 11 is 0. The van der Waals surface area contributed by atoms with E-state index in [0.29, 0.717) is 0 Å². The molecule has 0 atom stereocenters. The van der Waals surface area contributed by atoms with Gasteiger partial charge in [0.2, 0.25) is 0 Å². The van der Waals surface area contributed by atoms with Gasteiger partial charge in [-0.15, -0.1) is 0 Å². The van der Waals surface area contributed by atoms with E-state index >= 15 is 0 Å². The van der Waals surface area contributed by atoms with Crippen LogP contribution in [0.4, 0.5) is 0 Å². The van der Waals surface area contributed by atoms with Crippen molar-refractivity contribution >= 4 is 8.60 Å². The molecule has 0 aromatic heterocycles. The summed E-state index contributed by atoms with van der Waals surface area (Å²) in [5.74, 6) is -0.908. The van der Waals surface area contributed by atoms with Crippen LogP contribution in [0.1, 0.15) is 13.8 Å². The number of hydrogen-bond donors (Lipinski definition) is 2. The van der Waals surface area contributed by atoms with Crippen LogP contribution in [-0.4, -0.2) is 22.7 Å². The lowest BCUT2D eigenvalue weighted by Crippen LogP contribution is -2.23. The molecule has 0 unspecified atom stereocenters. The van der Waals surface area contributed by atoms with Crippen molar-refractivity contribution in [2.24, 2.45) is 0 Å². The van der Waals surface area contributed by atoms with Gasteiger partial charge in [-0.1, -0.05) is 0 Å². The average molecular weight is 154 g/mol. The van der Waals surface area contributed by atoms with Gasteiger partial charge in [-0.25, -0.2) is 0 Å². The highest BCUT2D eigenvalue weighted by molar-refractivity contribution is 7.39. The largest absolute Gasteiger partial charge is 0.353 e. The first-order valence-corrected chi connectivity index (χ1v) is 3.56. The van der Waals surface area contributed by atoms with Crippen molar-refractivity contribution in [2.75, 3.05) is 7.11 Å². The summed E-state index contributed by atoms with van der Waals surface area (Å²) in [6.07, 6.45) is 0. The number of rotatable bonds is 3. The van der Waals surface area contributed by atoms with Crippen molar-refractivity contribution in [3.05, 3.63) is 0 Å². The van der Waals surface area contributed by atoms with Crippen LogP contribution >= 0.6 is 8.60 Å². The predicted molar refractivity (Wildman–Crippen MR) is 33.5 cm³/mol. The van der Waals surface area contributed by atoms with Gasteiger partial charge >= 0.3 is 8.60 Å². The van der Waals surface area contributed by atoms with Crippen LogP contribution in [0.15, 0.2) is 0 Å². The van der Waals surface area contributed by atoms with Gasteiger partial charge in [-0.2, -0.15) is 0 Å². The minimum Gasteiger partial charge on any atom is -0.353 e. The Morgan fingerprint density at radius 2 is 1.78 bits per heavy atom. The van der Waals surface area contributed by atoms with Crippen LogP contribution < -0.4 is 0 Å². The predicted octanol–water partition coefficient (Wildman–Crippen LogP) is 0.597. The second kappa shape index (κ2) is 3.44. The van der Waals surface area contributed by atoms with Crippen molar-refractivity contribution in [1.82, 2.24) is 0 Å². The Balaban J connectivity index is 3.58. The second-order valence-electron chi connectivity index (χ2n) is 1.95. The normalized spacial score (nSPS) is 12.7. The monoisotopic (exact) mass is 154 g/mol. The Bertz CT molecular complexity index is 82.6. The van der Waals surface area contributed by atoms with E-state index in [1.807, 2.05) is 0 Å². The Labute approximate surface area is 55.4 Å². The zero-order valence-electron chi connectivity index (χ0n) is 5.66. The molecule has 5 heteroatoms. The summed E-state index contributed by atoms with van der Waals surface area (Å²) < 4.78 is 9.26. The quantitative estimate of drug-likeness (QED) is 0.461. The fourth-order valence-electron chi connectivity index (χ4n) is 0.234. The third-order valence-corrected chi connectivity index (χ3v) is 1.40. The molecule has 0 aliphatic carbocycles. The summed E-state index contributed by atoms with van der Waals surface area (Å²) in [5, 5.41) is 0. The molecule has 2 N–H and O–H groups in total. The molecule has 0 heterocycles. The summed E-state index contributed by atoms with van der Waals surface area (Å²) in [7, 11) is -0.890. The minimum absolute atomic E-state index is 0.908. The molecule has 0 saturated carbocycles. The summed E-state index contributed by atoms with van der Waals surface area (Å²) in [6.45, 7) is 3.18. The molecule has 9 heavy (non-hydrogen) atoms. The van der Waals surface area contributed by atoms with Crippen LogP contribution in [0.25, 0.3) is 0 Å². The third kappa shape index (κ3) is 4.75.